The van der Waals surface area contributed by atoms with E-state index in [2.05, 4.69) is 9.97 Å². The Balaban J connectivity index is 2.46. The first kappa shape index (κ1) is 16.3. The zero-order valence-electron chi connectivity index (χ0n) is 12.2. The van der Waals surface area contributed by atoms with Crippen molar-refractivity contribution in [2.75, 3.05) is 0 Å². The van der Waals surface area contributed by atoms with Gasteiger partial charge in [0.15, 0.2) is 0 Å². The van der Waals surface area contributed by atoms with Crippen molar-refractivity contribution in [3.8, 4) is 11.6 Å². The minimum absolute atomic E-state index is 0.235. The Kier molecular flexibility index (Phi) is 4.66. The second-order valence-corrected chi connectivity index (χ2v) is 6.96. The first-order valence-corrected chi connectivity index (χ1v) is 7.49. The molecule has 2 rings (SSSR count). The molecule has 1 heterocycles. The van der Waals surface area contributed by atoms with E-state index in [1.807, 2.05) is 20.8 Å². The summed E-state index contributed by atoms with van der Waals surface area (Å²) in [6, 6.07) is 4.97. The van der Waals surface area contributed by atoms with Gasteiger partial charge in [-0.2, -0.15) is 4.98 Å². The second kappa shape index (κ2) is 5.99. The van der Waals surface area contributed by atoms with Crippen molar-refractivity contribution in [3.63, 3.8) is 0 Å². The largest absolute Gasteiger partial charge is 0.438 e. The van der Waals surface area contributed by atoms with E-state index in [0.717, 1.165) is 0 Å². The van der Waals surface area contributed by atoms with Gasteiger partial charge in [0, 0.05) is 21.0 Å². The Bertz CT molecular complexity index is 661. The number of halogens is 3. The molecule has 0 atom stereocenters. The number of hydrogen-bond donors (Lipinski definition) is 0. The summed E-state index contributed by atoms with van der Waals surface area (Å²) >= 11 is 18.1. The molecule has 0 saturated carbocycles. The lowest BCUT2D eigenvalue weighted by molar-refractivity contribution is 0.442. The molecule has 0 amide bonds. The van der Waals surface area contributed by atoms with Crippen molar-refractivity contribution in [2.45, 2.75) is 33.1 Å². The molecular formula is C15H15Cl3N2O. The highest BCUT2D eigenvalue weighted by atomic mass is 35.5. The fourth-order valence-electron chi connectivity index (χ4n) is 1.60. The molecule has 1 aromatic carbocycles. The summed E-state index contributed by atoms with van der Waals surface area (Å²) in [5.41, 5.74) is 0.433. The monoisotopic (exact) mass is 344 g/mol. The van der Waals surface area contributed by atoms with Crippen molar-refractivity contribution in [2.24, 2.45) is 0 Å². The van der Waals surface area contributed by atoms with Crippen LogP contribution in [0.25, 0.3) is 0 Å². The molecule has 0 saturated heterocycles. The highest BCUT2D eigenvalue weighted by molar-refractivity contribution is 6.34. The average molecular weight is 346 g/mol. The number of aromatic nitrogens is 2. The second-order valence-electron chi connectivity index (χ2n) is 5.73. The molecular weight excluding hydrogens is 331 g/mol. The molecule has 0 N–H and O–H groups in total. The Labute approximate surface area is 139 Å². The van der Waals surface area contributed by atoms with Crippen LogP contribution in [-0.4, -0.2) is 9.97 Å². The third kappa shape index (κ3) is 4.00. The third-order valence-electron chi connectivity index (χ3n) is 2.76. The van der Waals surface area contributed by atoms with Gasteiger partial charge in [0.05, 0.1) is 0 Å². The van der Waals surface area contributed by atoms with Crippen molar-refractivity contribution >= 4 is 34.8 Å². The lowest BCUT2D eigenvalue weighted by Crippen LogP contribution is -2.17. The van der Waals surface area contributed by atoms with Crippen LogP contribution in [-0.2, 0) is 5.41 Å². The maximum absolute atomic E-state index is 6.17. The molecule has 0 aliphatic rings. The molecule has 2 aromatic rings. The van der Waals surface area contributed by atoms with Gasteiger partial charge in [0.25, 0.3) is 0 Å². The van der Waals surface area contributed by atoms with Gasteiger partial charge in [-0.1, -0.05) is 55.6 Å². The molecule has 0 fully saturated rings. The van der Waals surface area contributed by atoms with Crippen molar-refractivity contribution in [3.05, 3.63) is 44.8 Å². The van der Waals surface area contributed by atoms with Gasteiger partial charge in [0.1, 0.15) is 16.7 Å². The lowest BCUT2D eigenvalue weighted by Gasteiger charge is -2.19. The Morgan fingerprint density at radius 1 is 0.952 bits per heavy atom. The quantitative estimate of drug-likeness (QED) is 0.642. The lowest BCUT2D eigenvalue weighted by atomic mass is 9.96. The van der Waals surface area contributed by atoms with Crippen LogP contribution in [0, 0.1) is 6.92 Å². The molecule has 1 aromatic heterocycles. The molecule has 0 aliphatic heterocycles. The Morgan fingerprint density at radius 3 is 2.05 bits per heavy atom. The van der Waals surface area contributed by atoms with Crippen LogP contribution in [0.5, 0.6) is 11.6 Å². The van der Waals surface area contributed by atoms with Crippen molar-refractivity contribution in [1.29, 1.82) is 0 Å². The van der Waals surface area contributed by atoms with Crippen LogP contribution in [0.3, 0.4) is 0 Å². The number of rotatable bonds is 2. The number of benzene rings is 1. The molecule has 0 bridgehead atoms. The van der Waals surface area contributed by atoms with E-state index >= 15 is 0 Å². The summed E-state index contributed by atoms with van der Waals surface area (Å²) < 4.78 is 5.78. The summed E-state index contributed by atoms with van der Waals surface area (Å²) in [4.78, 5) is 8.76. The average Bonchev–Trinajstić information content (AvgIpc) is 2.32. The zero-order chi connectivity index (χ0) is 15.8. The standard InChI is InChI=1S/C15H15Cl3N2O/c1-8-12(18)19-14(15(2,3)4)20-13(8)21-11-6-9(16)5-10(17)7-11/h5-7H,1-4H3. The van der Waals surface area contributed by atoms with Gasteiger partial charge >= 0.3 is 0 Å². The first-order valence-electron chi connectivity index (χ1n) is 6.35. The van der Waals surface area contributed by atoms with Crippen LogP contribution >= 0.6 is 34.8 Å². The fraction of sp³-hybridized carbons (Fsp3) is 0.333. The Morgan fingerprint density at radius 2 is 1.52 bits per heavy atom. The zero-order valence-corrected chi connectivity index (χ0v) is 14.4. The van der Waals surface area contributed by atoms with E-state index in [-0.39, 0.29) is 5.41 Å². The molecule has 6 heteroatoms. The SMILES string of the molecule is Cc1c(Cl)nc(C(C)(C)C)nc1Oc1cc(Cl)cc(Cl)c1. The highest BCUT2D eigenvalue weighted by Gasteiger charge is 2.21. The number of nitrogens with zero attached hydrogens (tertiary/aromatic N) is 2. The summed E-state index contributed by atoms with van der Waals surface area (Å²) in [5, 5.41) is 1.36. The smallest absolute Gasteiger partial charge is 0.227 e. The molecule has 0 unspecified atom stereocenters. The van der Waals surface area contributed by atoms with E-state index in [1.165, 1.54) is 0 Å². The number of hydrogen-bond acceptors (Lipinski definition) is 3. The summed E-state index contributed by atoms with van der Waals surface area (Å²) in [6.07, 6.45) is 0. The van der Waals surface area contributed by atoms with Gasteiger partial charge in [-0.15, -0.1) is 0 Å². The van der Waals surface area contributed by atoms with Gasteiger partial charge in [-0.05, 0) is 25.1 Å². The third-order valence-corrected chi connectivity index (χ3v) is 3.57. The van der Waals surface area contributed by atoms with Gasteiger partial charge in [-0.25, -0.2) is 4.98 Å². The molecule has 21 heavy (non-hydrogen) atoms. The maximum atomic E-state index is 6.17. The van der Waals surface area contributed by atoms with Crippen LogP contribution in [0.4, 0.5) is 0 Å². The van der Waals surface area contributed by atoms with E-state index in [9.17, 15) is 0 Å². The van der Waals surface area contributed by atoms with E-state index in [0.29, 0.717) is 38.2 Å². The Hall–Kier alpha value is -1.03. The van der Waals surface area contributed by atoms with Crippen LogP contribution in [0.15, 0.2) is 18.2 Å². The first-order chi connectivity index (χ1) is 9.66. The van der Waals surface area contributed by atoms with Gasteiger partial charge in [0.2, 0.25) is 5.88 Å². The van der Waals surface area contributed by atoms with Crippen LogP contribution in [0.2, 0.25) is 15.2 Å². The summed E-state index contributed by atoms with van der Waals surface area (Å²) in [5.74, 6) is 1.52. The minimum Gasteiger partial charge on any atom is -0.438 e. The normalized spacial score (nSPS) is 11.6. The molecule has 0 aliphatic carbocycles. The molecule has 0 radical (unpaired) electrons. The number of ether oxygens (including phenoxy) is 1. The van der Waals surface area contributed by atoms with Crippen LogP contribution in [0.1, 0.15) is 32.2 Å². The highest BCUT2D eigenvalue weighted by Crippen LogP contribution is 2.32. The predicted octanol–water partition coefficient (Wildman–Crippen LogP) is 5.84. The molecule has 112 valence electrons. The van der Waals surface area contributed by atoms with Gasteiger partial charge in [-0.3, -0.25) is 0 Å². The van der Waals surface area contributed by atoms with Crippen LogP contribution < -0.4 is 4.74 Å². The predicted molar refractivity (Wildman–Crippen MR) is 87.0 cm³/mol. The van der Waals surface area contributed by atoms with Crippen molar-refractivity contribution in [1.82, 2.24) is 9.97 Å². The minimum atomic E-state index is -0.235. The topological polar surface area (TPSA) is 35.0 Å². The fourth-order valence-corrected chi connectivity index (χ4v) is 2.27. The molecule has 0 spiro atoms. The van der Waals surface area contributed by atoms with E-state index in [1.54, 1.807) is 25.1 Å². The maximum Gasteiger partial charge on any atom is 0.227 e. The van der Waals surface area contributed by atoms with E-state index in [4.69, 9.17) is 39.5 Å². The van der Waals surface area contributed by atoms with Crippen molar-refractivity contribution < 1.29 is 4.74 Å². The van der Waals surface area contributed by atoms with E-state index < -0.39 is 0 Å². The van der Waals surface area contributed by atoms with Gasteiger partial charge < -0.3 is 4.74 Å². The summed E-state index contributed by atoms with van der Waals surface area (Å²) in [7, 11) is 0. The summed E-state index contributed by atoms with van der Waals surface area (Å²) in [6.45, 7) is 7.83. The molecule has 3 nitrogen and oxygen atoms in total.